The fraction of sp³-hybridized carbons (Fsp3) is 0.364. The van der Waals surface area contributed by atoms with Crippen LogP contribution in [-0.2, 0) is 44.5 Å². The van der Waals surface area contributed by atoms with Crippen LogP contribution in [-0.4, -0.2) is 68.6 Å². The van der Waals surface area contributed by atoms with Crippen LogP contribution in [0.25, 0.3) is 0 Å². The Morgan fingerprint density at radius 3 is 2.21 bits per heavy atom. The third-order valence-corrected chi connectivity index (χ3v) is 7.20. The molecule has 14 nitrogen and oxygen atoms in total. The van der Waals surface area contributed by atoms with Gasteiger partial charge in [-0.25, -0.2) is 4.57 Å². The number of ether oxygens (including phenoxy) is 3. The number of imide groups is 1. The van der Waals surface area contributed by atoms with Crippen LogP contribution in [0.4, 0.5) is 4.79 Å². The number of hydrogen-bond donors (Lipinski definition) is 3. The minimum absolute atomic E-state index is 0.121. The molecule has 2 atom stereocenters. The maximum absolute atomic E-state index is 12.1. The Balaban J connectivity index is 0.000000976. The number of benzene rings is 2. The lowest BCUT2D eigenvalue weighted by Gasteiger charge is -2.21. The summed E-state index contributed by atoms with van der Waals surface area (Å²) in [4.78, 5) is 23.1. The molecule has 0 aliphatic carbocycles. The van der Waals surface area contributed by atoms with Crippen LogP contribution in [0.5, 0.6) is 11.5 Å². The van der Waals surface area contributed by atoms with E-state index in [2.05, 4.69) is 5.32 Å². The highest BCUT2D eigenvalue weighted by molar-refractivity contribution is 8.15. The number of nitrogens with one attached hydrogen (secondary N) is 1. The highest BCUT2D eigenvalue weighted by Gasteiger charge is 2.31. The number of carbonyl (C=O) groups excluding carboxylic acids is 2. The smallest absolute Gasteiger partial charge is 0.476 e. The van der Waals surface area contributed by atoms with Gasteiger partial charge in [-0.15, -0.1) is 0 Å². The van der Waals surface area contributed by atoms with Gasteiger partial charge < -0.3 is 14.2 Å². The van der Waals surface area contributed by atoms with Gasteiger partial charge in [0.05, 0.1) is 12.4 Å². The summed E-state index contributed by atoms with van der Waals surface area (Å²) in [5.74, 6) is 0.950. The molecule has 39 heavy (non-hydrogen) atoms. The Morgan fingerprint density at radius 1 is 1.03 bits per heavy atom. The van der Waals surface area contributed by atoms with Gasteiger partial charge in [0.15, 0.2) is 6.79 Å². The topological polar surface area (TPSA) is 193 Å². The third-order valence-electron chi connectivity index (χ3n) is 4.91. The van der Waals surface area contributed by atoms with Crippen molar-refractivity contribution >= 4 is 41.1 Å². The maximum atomic E-state index is 12.1. The average molecular weight is 610 g/mol. The molecule has 1 saturated heterocycles. The Bertz CT molecular complexity index is 1240. The van der Waals surface area contributed by atoms with Crippen molar-refractivity contribution in [2.24, 2.45) is 0 Å². The van der Waals surface area contributed by atoms with Crippen molar-refractivity contribution in [2.75, 3.05) is 34.7 Å². The molecule has 1 fully saturated rings. The van der Waals surface area contributed by atoms with Crippen LogP contribution in [0, 0.1) is 0 Å². The summed E-state index contributed by atoms with van der Waals surface area (Å²) in [6.07, 6.45) is -0.143. The molecule has 1 aliphatic heterocycles. The number of phosphoric acid groups is 1. The summed E-state index contributed by atoms with van der Waals surface area (Å²) in [5, 5.41) is 1.53. The van der Waals surface area contributed by atoms with Crippen molar-refractivity contribution in [3.05, 3.63) is 59.7 Å². The first kappa shape index (κ1) is 32.7. The molecule has 1 heterocycles. The second kappa shape index (κ2) is 15.3. The summed E-state index contributed by atoms with van der Waals surface area (Å²) < 4.78 is 75.3. The first-order valence-corrected chi connectivity index (χ1v) is 14.6. The molecular formula is C22H28NO13PS2. The quantitative estimate of drug-likeness (QED) is 0.170. The molecule has 216 valence electrons. The van der Waals surface area contributed by atoms with Gasteiger partial charge in [0.2, 0.25) is 5.91 Å². The molecule has 2 unspecified atom stereocenters. The van der Waals surface area contributed by atoms with Crippen molar-refractivity contribution in [2.45, 2.75) is 17.8 Å². The second-order valence-corrected chi connectivity index (χ2v) is 11.4. The number of amides is 2. The van der Waals surface area contributed by atoms with Gasteiger partial charge in [0, 0.05) is 14.2 Å². The Morgan fingerprint density at radius 2 is 1.67 bits per heavy atom. The van der Waals surface area contributed by atoms with Gasteiger partial charge in [-0.1, -0.05) is 36.0 Å². The third kappa shape index (κ3) is 12.0. The number of carbonyl (C=O) groups is 2. The van der Waals surface area contributed by atoms with E-state index < -0.39 is 29.6 Å². The van der Waals surface area contributed by atoms with Crippen LogP contribution < -0.4 is 14.8 Å². The number of methoxy groups -OCH3 is 1. The molecule has 0 aromatic heterocycles. The molecule has 0 bridgehead atoms. The second-order valence-electron chi connectivity index (χ2n) is 7.48. The molecule has 0 radical (unpaired) electrons. The summed E-state index contributed by atoms with van der Waals surface area (Å²) in [7, 11) is -4.36. The Kier molecular flexibility index (Phi) is 12.8. The normalized spacial score (nSPS) is 16.2. The standard InChI is InChI=1S/C22H26NO9PS.H2O4S/c1-27-18-6-4-5-16(12-18)19(31-14-32-33(26,28-2)29-3)13-30-17-9-7-15(8-10-17)11-20-21(24)23-22(25)34-20;1-5(2,3)4/h4-10,12,19-20H,11,13-14H2,1-3H3,(H,23,24,25);(H2,1,2,3,4). The average Bonchev–Trinajstić information content (AvgIpc) is 3.21. The fourth-order valence-corrected chi connectivity index (χ4v) is 4.48. The van der Waals surface area contributed by atoms with Crippen molar-refractivity contribution in [3.8, 4) is 11.5 Å². The number of rotatable bonds is 13. The van der Waals surface area contributed by atoms with Crippen molar-refractivity contribution < 1.29 is 59.5 Å². The van der Waals surface area contributed by atoms with E-state index in [0.717, 1.165) is 22.9 Å². The Hall–Kier alpha value is -2.53. The van der Waals surface area contributed by atoms with E-state index in [-0.39, 0.29) is 24.5 Å². The van der Waals surface area contributed by atoms with Gasteiger partial charge in [0.25, 0.3) is 5.24 Å². The van der Waals surface area contributed by atoms with Gasteiger partial charge in [-0.3, -0.25) is 37.6 Å². The molecule has 3 rings (SSSR count). The maximum Gasteiger partial charge on any atom is 0.476 e. The van der Waals surface area contributed by atoms with Crippen LogP contribution >= 0.6 is 19.6 Å². The van der Waals surface area contributed by atoms with E-state index in [9.17, 15) is 14.2 Å². The predicted molar refractivity (Wildman–Crippen MR) is 139 cm³/mol. The SMILES string of the molecule is COc1cccc(C(COc2ccc(CC3SC(=O)NC3=O)cc2)OCOP(=O)(OC)OC)c1.O=S(=O)(O)O. The summed E-state index contributed by atoms with van der Waals surface area (Å²) >= 11 is 0.993. The lowest BCUT2D eigenvalue weighted by atomic mass is 10.1. The molecule has 0 spiro atoms. The lowest BCUT2D eigenvalue weighted by Crippen LogP contribution is -2.25. The summed E-state index contributed by atoms with van der Waals surface area (Å²) in [5.41, 5.74) is 1.66. The zero-order valence-electron chi connectivity index (χ0n) is 21.0. The molecule has 2 aromatic carbocycles. The highest BCUT2D eigenvalue weighted by Crippen LogP contribution is 2.47. The minimum Gasteiger partial charge on any atom is -0.497 e. The van der Waals surface area contributed by atoms with E-state index in [0.29, 0.717) is 17.9 Å². The summed E-state index contributed by atoms with van der Waals surface area (Å²) in [6, 6.07) is 14.5. The van der Waals surface area contributed by atoms with Gasteiger partial charge in [0.1, 0.15) is 24.2 Å². The molecule has 3 N–H and O–H groups in total. The fourth-order valence-electron chi connectivity index (χ4n) is 3.07. The predicted octanol–water partition coefficient (Wildman–Crippen LogP) is 3.45. The summed E-state index contributed by atoms with van der Waals surface area (Å²) in [6.45, 7) is -0.238. The first-order valence-electron chi connectivity index (χ1n) is 10.9. The molecule has 1 aliphatic rings. The van der Waals surface area contributed by atoms with E-state index in [1.165, 1.54) is 14.2 Å². The molecule has 2 aromatic rings. The number of hydrogen-bond acceptors (Lipinski definition) is 12. The largest absolute Gasteiger partial charge is 0.497 e. The number of thioether (sulfide) groups is 1. The van der Waals surface area contributed by atoms with Gasteiger partial charge in [-0.2, -0.15) is 8.42 Å². The van der Waals surface area contributed by atoms with Crippen LogP contribution in [0.2, 0.25) is 0 Å². The zero-order chi connectivity index (χ0) is 29.1. The first-order chi connectivity index (χ1) is 18.4. The van der Waals surface area contributed by atoms with Crippen molar-refractivity contribution in [1.82, 2.24) is 5.32 Å². The van der Waals surface area contributed by atoms with E-state index in [1.807, 2.05) is 24.3 Å². The van der Waals surface area contributed by atoms with E-state index >= 15 is 0 Å². The van der Waals surface area contributed by atoms with Crippen LogP contribution in [0.1, 0.15) is 17.2 Å². The molecular weight excluding hydrogens is 581 g/mol. The van der Waals surface area contributed by atoms with E-state index in [4.69, 9.17) is 45.3 Å². The van der Waals surface area contributed by atoms with Crippen LogP contribution in [0.15, 0.2) is 48.5 Å². The van der Waals surface area contributed by atoms with Crippen LogP contribution in [0.3, 0.4) is 0 Å². The molecule has 2 amide bonds. The zero-order valence-corrected chi connectivity index (χ0v) is 23.6. The minimum atomic E-state index is -4.67. The van der Waals surface area contributed by atoms with E-state index in [1.54, 1.807) is 31.4 Å². The van der Waals surface area contributed by atoms with Gasteiger partial charge >= 0.3 is 18.2 Å². The lowest BCUT2D eigenvalue weighted by molar-refractivity contribution is -0.118. The monoisotopic (exact) mass is 609 g/mol. The number of phosphoric ester groups is 1. The van der Waals surface area contributed by atoms with Gasteiger partial charge in [-0.05, 0) is 41.8 Å². The van der Waals surface area contributed by atoms with Crippen molar-refractivity contribution in [1.29, 1.82) is 0 Å². The Labute approximate surface area is 229 Å². The molecule has 17 heteroatoms. The highest BCUT2D eigenvalue weighted by atomic mass is 32.3. The molecule has 0 saturated carbocycles. The van der Waals surface area contributed by atoms with Crippen molar-refractivity contribution in [3.63, 3.8) is 0 Å².